The van der Waals surface area contributed by atoms with Gasteiger partial charge in [0.25, 0.3) is 0 Å². The van der Waals surface area contributed by atoms with Gasteiger partial charge < -0.3 is 66.8 Å². The van der Waals surface area contributed by atoms with Crippen LogP contribution in [-0.4, -0.2) is 169 Å². The molecule has 0 spiro atoms. The van der Waals surface area contributed by atoms with Crippen LogP contribution in [0.1, 0.15) is 536 Å². The van der Waals surface area contributed by atoms with E-state index in [4.69, 9.17) is 18.9 Å². The maximum atomic E-state index is 10.1. The molecule has 17 fully saturated rings. The first kappa shape index (κ1) is 171. The summed E-state index contributed by atoms with van der Waals surface area (Å²) in [5.74, 6) is 0.611. The summed E-state index contributed by atoms with van der Waals surface area (Å²) < 4.78 is 19.3. The van der Waals surface area contributed by atoms with Crippen molar-refractivity contribution < 1.29 is 33.3 Å². The van der Waals surface area contributed by atoms with Gasteiger partial charge in [-0.05, 0) is 261 Å². The number of benzene rings is 2. The van der Waals surface area contributed by atoms with Crippen molar-refractivity contribution in [2.45, 2.75) is 539 Å². The Bertz CT molecular complexity index is 1590. The Morgan fingerprint density at radius 2 is 0.281 bits per heavy atom. The molecule has 21 rings (SSSR count). The predicted molar refractivity (Wildman–Crippen MR) is 623 cm³/mol. The summed E-state index contributed by atoms with van der Waals surface area (Å²) in [6.07, 6.45) is 57.3. The SMILES string of the molecule is C1CC1.C1CCC1.C1CCC1.C1CCC1.C1CCNC1.C1CCNC1.C1CCNC1.C1CCNC1.C1CCOC1.C1CCOC1.C1CNC1.C1CNC1.C1COC1.C1COC1.CC.CC.CC.CC.CC.CC.CC.CC.CC.CC.CC.CC.CC.CC.CC.CC.CC.CC.CC.O=C1CCCN1.O=C1CCCN1.O=C1CCCN1.c1ccc2c(c1)CCC2.c1ccc2c(c1)CCC2. The largest absolute Gasteiger partial charge is 0.381 e. The van der Waals surface area contributed by atoms with E-state index in [1.807, 2.05) is 263 Å². The molecule has 0 atom stereocenters. The highest BCUT2D eigenvalue weighted by Gasteiger charge is 2.10. The molecule has 2 aromatic carbocycles. The van der Waals surface area contributed by atoms with Crippen molar-refractivity contribution >= 4 is 17.7 Å². The Kier molecular flexibility index (Phi) is 253. The van der Waals surface area contributed by atoms with Gasteiger partial charge in [-0.1, -0.05) is 408 Å². The summed E-state index contributed by atoms with van der Waals surface area (Å²) >= 11 is 0. The van der Waals surface area contributed by atoms with Crippen LogP contribution in [-0.2, 0) is 59.0 Å². The van der Waals surface area contributed by atoms with Gasteiger partial charge in [-0.15, -0.1) is 0 Å². The summed E-state index contributed by atoms with van der Waals surface area (Å²) in [7, 11) is 0. The molecule has 0 unspecified atom stereocenters. The van der Waals surface area contributed by atoms with Crippen LogP contribution in [0.25, 0.3) is 0 Å². The monoisotopic (exact) mass is 1930 g/mol. The van der Waals surface area contributed by atoms with Crippen molar-refractivity contribution in [2.24, 2.45) is 0 Å². The fraction of sp³-hybridized carbons (Fsp3) is 0.874. The fourth-order valence-corrected chi connectivity index (χ4v) is 9.64. The van der Waals surface area contributed by atoms with Gasteiger partial charge in [0.15, 0.2) is 0 Å². The molecule has 4 saturated carbocycles. The van der Waals surface area contributed by atoms with E-state index in [0.717, 1.165) is 111 Å². The van der Waals surface area contributed by atoms with E-state index < -0.39 is 0 Å². The zero-order valence-electron chi connectivity index (χ0n) is 100. The molecule has 16 heteroatoms. The number of carbonyl (C=O) groups excluding carboxylic acids is 3. The molecule has 0 aromatic heterocycles. The van der Waals surface area contributed by atoms with Crippen molar-refractivity contribution in [3.63, 3.8) is 0 Å². The smallest absolute Gasteiger partial charge is 0.220 e. The molecule has 16 nitrogen and oxygen atoms in total. The van der Waals surface area contributed by atoms with Crippen LogP contribution in [0.5, 0.6) is 0 Å². The Balaban J connectivity index is -0.0000000715. The number of hydrogen-bond donors (Lipinski definition) is 9. The van der Waals surface area contributed by atoms with Crippen LogP contribution >= 0.6 is 0 Å². The lowest BCUT2D eigenvalue weighted by atomic mass is 10.0. The van der Waals surface area contributed by atoms with E-state index >= 15 is 0 Å². The normalized spacial score (nSPS) is 16.6. The molecular formula is C119H263N9O7. The summed E-state index contributed by atoms with van der Waals surface area (Å²) in [6.45, 7) is 102. The average Bonchev–Trinajstić information content (AvgIpc) is 1.75. The second kappa shape index (κ2) is 200. The number of rotatable bonds is 0. The van der Waals surface area contributed by atoms with E-state index in [-0.39, 0.29) is 17.7 Å². The van der Waals surface area contributed by atoms with Crippen molar-refractivity contribution in [2.75, 3.05) is 151 Å². The van der Waals surface area contributed by atoms with E-state index in [9.17, 15) is 14.4 Å². The van der Waals surface area contributed by atoms with E-state index in [1.54, 1.807) is 22.3 Å². The number of amides is 3. The minimum absolute atomic E-state index is 0.204. The molecule has 19 aliphatic rings. The lowest BCUT2D eigenvalue weighted by Gasteiger charge is -2.09. The molecule has 9 N–H and O–H groups in total. The molecule has 13 saturated heterocycles. The summed E-state index contributed by atoms with van der Waals surface area (Å²) in [4.78, 5) is 30.4. The molecule has 13 aliphatic heterocycles. The predicted octanol–water partition coefficient (Wildman–Crippen LogP) is 33.2. The van der Waals surface area contributed by atoms with Crippen LogP contribution in [0.3, 0.4) is 0 Å². The fourth-order valence-electron chi connectivity index (χ4n) is 9.64. The first-order chi connectivity index (χ1) is 67.1. The summed E-state index contributed by atoms with van der Waals surface area (Å²) in [6, 6.07) is 17.5. The van der Waals surface area contributed by atoms with E-state index in [1.165, 1.54) is 316 Å². The highest BCUT2D eigenvalue weighted by molar-refractivity contribution is 5.78. The topological polar surface area (TPSA) is 196 Å². The summed E-state index contributed by atoms with van der Waals surface area (Å²) in [5, 5.41) is 27.2. The number of aryl methyl sites for hydroxylation is 4. The lowest BCUT2D eigenvalue weighted by molar-refractivity contribution is -0.119. The van der Waals surface area contributed by atoms with Gasteiger partial charge in [0.2, 0.25) is 17.7 Å². The molecule has 135 heavy (non-hydrogen) atoms. The standard InChI is InChI=1S/2C9H10.3C4H7NO.4C4H9N.2C4H8O.3C4H8.2C3H7N.2C3H6O.C3H6.19C2H6/c2*1-2-5-9-7-3-6-8(9)4-1;3*6-4-2-1-3-5-4;6*1-2-4-5-3-1;7*1-2-4-3-1;1-2-3-1;19*1-2/h2*1-2,4-5H,3,6-7H2;3*1-3H2,(H,5,6);4*5H,1-4H2;2*1-4H2;3*1-4H2;2*4H,1-3H2;2*1-3H2;1-3H2;19*1-2H3. The minimum atomic E-state index is 0.204. The highest BCUT2D eigenvalue weighted by atomic mass is 16.5. The molecular weight excluding hydrogens is 1670 g/mol. The first-order valence-corrected chi connectivity index (χ1v) is 59.6. The summed E-state index contributed by atoms with van der Waals surface area (Å²) in [5.41, 5.74) is 6.27. The second-order valence-electron chi connectivity index (χ2n) is 27.5. The number of hydrogen-bond acceptors (Lipinski definition) is 13. The van der Waals surface area contributed by atoms with Gasteiger partial charge in [0.05, 0.1) is 0 Å². The third-order valence-corrected chi connectivity index (χ3v) is 18.1. The first-order valence-electron chi connectivity index (χ1n) is 59.6. The molecule has 826 valence electrons. The third kappa shape index (κ3) is 176. The Hall–Kier alpha value is -3.55. The third-order valence-electron chi connectivity index (χ3n) is 18.1. The number of ether oxygens (including phenoxy) is 4. The zero-order valence-corrected chi connectivity index (χ0v) is 100. The van der Waals surface area contributed by atoms with Crippen molar-refractivity contribution in [3.8, 4) is 0 Å². The minimum Gasteiger partial charge on any atom is -0.381 e. The highest BCUT2D eigenvalue weighted by Crippen LogP contribution is 2.22. The number of nitrogens with one attached hydrogen (secondary N) is 9. The average molecular weight is 1930 g/mol. The molecule has 0 bridgehead atoms. The van der Waals surface area contributed by atoms with Crippen LogP contribution in [0, 0.1) is 0 Å². The van der Waals surface area contributed by atoms with Crippen LogP contribution in [0.4, 0.5) is 0 Å². The Labute approximate surface area is 855 Å². The molecule has 2 aromatic rings. The molecule has 3 amide bonds. The van der Waals surface area contributed by atoms with Crippen molar-refractivity contribution in [1.82, 2.24) is 47.9 Å². The van der Waals surface area contributed by atoms with Gasteiger partial charge in [0, 0.05) is 91.8 Å². The molecule has 13 heterocycles. The van der Waals surface area contributed by atoms with Gasteiger partial charge >= 0.3 is 0 Å². The Morgan fingerprint density at radius 1 is 0.148 bits per heavy atom. The van der Waals surface area contributed by atoms with Crippen molar-refractivity contribution in [3.05, 3.63) is 70.8 Å². The van der Waals surface area contributed by atoms with Gasteiger partial charge in [-0.2, -0.15) is 0 Å². The molecule has 6 aliphatic carbocycles. The second-order valence-corrected chi connectivity index (χ2v) is 27.5. The maximum absolute atomic E-state index is 10.1. The van der Waals surface area contributed by atoms with Gasteiger partial charge in [-0.25, -0.2) is 0 Å². The Morgan fingerprint density at radius 3 is 0.341 bits per heavy atom. The van der Waals surface area contributed by atoms with Crippen LogP contribution in [0.15, 0.2) is 48.5 Å². The maximum Gasteiger partial charge on any atom is 0.220 e. The number of carbonyl (C=O) groups is 3. The zero-order chi connectivity index (χ0) is 107. The lowest BCUT2D eigenvalue weighted by Crippen LogP contribution is -2.29. The van der Waals surface area contributed by atoms with E-state index in [2.05, 4.69) is 96.4 Å². The van der Waals surface area contributed by atoms with E-state index in [0.29, 0.717) is 0 Å². The van der Waals surface area contributed by atoms with Crippen molar-refractivity contribution in [1.29, 1.82) is 0 Å². The van der Waals surface area contributed by atoms with Gasteiger partial charge in [0.1, 0.15) is 0 Å². The quantitative estimate of drug-likeness (QED) is 0.121. The van der Waals surface area contributed by atoms with Crippen LogP contribution < -0.4 is 47.9 Å². The van der Waals surface area contributed by atoms with Gasteiger partial charge in [-0.3, -0.25) is 14.4 Å². The number of fused-ring (bicyclic) bond motifs is 2. The van der Waals surface area contributed by atoms with Crippen LogP contribution in [0.2, 0.25) is 0 Å². The molecule has 0 radical (unpaired) electrons.